The summed E-state index contributed by atoms with van der Waals surface area (Å²) in [6.45, 7) is 1.46. The summed E-state index contributed by atoms with van der Waals surface area (Å²) in [5.41, 5.74) is 0.529. The molecule has 0 aliphatic heterocycles. The molecule has 2 amide bonds. The quantitative estimate of drug-likeness (QED) is 0.787. The van der Waals surface area contributed by atoms with E-state index in [-0.39, 0.29) is 6.54 Å². The van der Waals surface area contributed by atoms with Crippen LogP contribution in [0, 0.1) is 11.8 Å². The van der Waals surface area contributed by atoms with Gasteiger partial charge >= 0.3 is 12.0 Å². The van der Waals surface area contributed by atoms with E-state index in [1.165, 1.54) is 0 Å². The molecule has 1 aromatic carbocycles. The van der Waals surface area contributed by atoms with Crippen LogP contribution in [0.4, 0.5) is 10.5 Å². The number of urea groups is 1. The molecule has 5 heteroatoms. The summed E-state index contributed by atoms with van der Waals surface area (Å²) in [4.78, 5) is 23.8. The van der Waals surface area contributed by atoms with Crippen molar-refractivity contribution in [1.82, 2.24) is 5.32 Å². The Labute approximate surface area is 105 Å². The molecule has 0 saturated carbocycles. The fourth-order valence-corrected chi connectivity index (χ4v) is 1.33. The summed E-state index contributed by atoms with van der Waals surface area (Å²) < 4.78 is 0. The summed E-state index contributed by atoms with van der Waals surface area (Å²) in [6, 6.07) is 8.14. The SMILES string of the molecule is CC#CCNC(=O)N(CC(=O)O)c1ccccc1. The van der Waals surface area contributed by atoms with Crippen molar-refractivity contribution in [3.8, 4) is 11.8 Å². The van der Waals surface area contributed by atoms with E-state index in [1.807, 2.05) is 0 Å². The molecular weight excluding hydrogens is 232 g/mol. The number of carbonyl (C=O) groups excluding carboxylic acids is 1. The summed E-state index contributed by atoms with van der Waals surface area (Å²) in [5.74, 6) is 4.25. The number of nitrogens with one attached hydrogen (secondary N) is 1. The van der Waals surface area contributed by atoms with Crippen LogP contribution in [0.3, 0.4) is 0 Å². The van der Waals surface area contributed by atoms with Gasteiger partial charge in [-0.15, -0.1) is 5.92 Å². The maximum Gasteiger partial charge on any atom is 0.323 e. The van der Waals surface area contributed by atoms with E-state index in [0.29, 0.717) is 5.69 Å². The van der Waals surface area contributed by atoms with Gasteiger partial charge in [-0.1, -0.05) is 24.1 Å². The predicted molar refractivity (Wildman–Crippen MR) is 68.3 cm³/mol. The first-order chi connectivity index (χ1) is 8.65. The minimum absolute atomic E-state index is 0.193. The van der Waals surface area contributed by atoms with Crippen molar-refractivity contribution in [2.75, 3.05) is 18.0 Å². The molecular formula is C13H14N2O3. The molecule has 0 unspecified atom stereocenters. The summed E-state index contributed by atoms with van der Waals surface area (Å²) in [7, 11) is 0. The van der Waals surface area contributed by atoms with Gasteiger partial charge in [0, 0.05) is 5.69 Å². The molecule has 18 heavy (non-hydrogen) atoms. The lowest BCUT2D eigenvalue weighted by Crippen LogP contribution is -2.43. The number of anilines is 1. The number of carbonyl (C=O) groups is 2. The minimum atomic E-state index is -1.07. The standard InChI is InChI=1S/C13H14N2O3/c1-2-3-9-14-13(18)15(10-12(16)17)11-7-5-4-6-8-11/h4-8H,9-10H2,1H3,(H,14,18)(H,16,17). The van der Waals surface area contributed by atoms with Gasteiger partial charge in [-0.2, -0.15) is 0 Å². The smallest absolute Gasteiger partial charge is 0.323 e. The molecule has 0 spiro atoms. The maximum absolute atomic E-state index is 11.8. The predicted octanol–water partition coefficient (Wildman–Crippen LogP) is 1.31. The third-order valence-electron chi connectivity index (χ3n) is 2.11. The van der Waals surface area contributed by atoms with Gasteiger partial charge in [-0.25, -0.2) is 4.79 Å². The molecule has 1 aromatic rings. The molecule has 0 aromatic heterocycles. The minimum Gasteiger partial charge on any atom is -0.480 e. The summed E-state index contributed by atoms with van der Waals surface area (Å²) in [5, 5.41) is 11.4. The molecule has 0 fully saturated rings. The van der Waals surface area contributed by atoms with E-state index in [1.54, 1.807) is 37.3 Å². The van der Waals surface area contributed by atoms with Gasteiger partial charge in [0.15, 0.2) is 0 Å². The summed E-state index contributed by atoms with van der Waals surface area (Å²) in [6.07, 6.45) is 0. The number of carboxylic acid groups (broad SMARTS) is 1. The highest BCUT2D eigenvalue weighted by molar-refractivity contribution is 5.96. The molecule has 0 bridgehead atoms. The van der Waals surface area contributed by atoms with Crippen molar-refractivity contribution in [1.29, 1.82) is 0 Å². The van der Waals surface area contributed by atoms with Crippen molar-refractivity contribution < 1.29 is 14.7 Å². The van der Waals surface area contributed by atoms with E-state index in [0.717, 1.165) is 4.90 Å². The van der Waals surface area contributed by atoms with E-state index < -0.39 is 18.5 Å². The van der Waals surface area contributed by atoms with E-state index >= 15 is 0 Å². The van der Waals surface area contributed by atoms with Gasteiger partial charge in [0.25, 0.3) is 0 Å². The van der Waals surface area contributed by atoms with Crippen molar-refractivity contribution in [2.24, 2.45) is 0 Å². The van der Waals surface area contributed by atoms with Crippen LogP contribution in [0.15, 0.2) is 30.3 Å². The van der Waals surface area contributed by atoms with Crippen molar-refractivity contribution in [3.63, 3.8) is 0 Å². The Balaban J connectivity index is 2.80. The van der Waals surface area contributed by atoms with Crippen LogP contribution < -0.4 is 10.2 Å². The van der Waals surface area contributed by atoms with Crippen LogP contribution in [0.2, 0.25) is 0 Å². The Hall–Kier alpha value is -2.48. The summed E-state index contributed by atoms with van der Waals surface area (Å²) >= 11 is 0. The van der Waals surface area contributed by atoms with E-state index in [4.69, 9.17) is 5.11 Å². The van der Waals surface area contributed by atoms with Gasteiger partial charge in [0.1, 0.15) is 6.54 Å². The van der Waals surface area contributed by atoms with Gasteiger partial charge in [-0.3, -0.25) is 9.69 Å². The van der Waals surface area contributed by atoms with Crippen LogP contribution in [0.5, 0.6) is 0 Å². The maximum atomic E-state index is 11.8. The highest BCUT2D eigenvalue weighted by Crippen LogP contribution is 2.12. The Kier molecular flexibility index (Phi) is 5.26. The lowest BCUT2D eigenvalue weighted by atomic mass is 10.3. The monoisotopic (exact) mass is 246 g/mol. The van der Waals surface area contributed by atoms with Crippen LogP contribution in [0.1, 0.15) is 6.92 Å². The normalized spacial score (nSPS) is 8.94. The van der Waals surface area contributed by atoms with Crippen molar-refractivity contribution in [3.05, 3.63) is 30.3 Å². The number of hydrogen-bond acceptors (Lipinski definition) is 2. The Bertz CT molecular complexity index is 474. The molecule has 94 valence electrons. The molecule has 0 aliphatic rings. The molecule has 2 N–H and O–H groups in total. The molecule has 0 heterocycles. The zero-order valence-corrected chi connectivity index (χ0v) is 10.0. The van der Waals surface area contributed by atoms with Gasteiger partial charge in [0.05, 0.1) is 6.54 Å². The lowest BCUT2D eigenvalue weighted by Gasteiger charge is -2.20. The molecule has 5 nitrogen and oxygen atoms in total. The zero-order valence-electron chi connectivity index (χ0n) is 10.0. The third kappa shape index (κ3) is 4.18. The van der Waals surface area contributed by atoms with Gasteiger partial charge in [0.2, 0.25) is 0 Å². The second kappa shape index (κ2) is 6.97. The number of benzene rings is 1. The topological polar surface area (TPSA) is 69.6 Å². The first-order valence-electron chi connectivity index (χ1n) is 5.37. The number of hydrogen-bond donors (Lipinski definition) is 2. The molecule has 0 atom stereocenters. The van der Waals surface area contributed by atoms with Gasteiger partial charge in [-0.05, 0) is 19.1 Å². The highest BCUT2D eigenvalue weighted by Gasteiger charge is 2.17. The third-order valence-corrected chi connectivity index (χ3v) is 2.11. The van der Waals surface area contributed by atoms with Crippen LogP contribution in [-0.4, -0.2) is 30.2 Å². The molecule has 0 aliphatic carbocycles. The lowest BCUT2D eigenvalue weighted by molar-refractivity contribution is -0.135. The van der Waals surface area contributed by atoms with E-state index in [2.05, 4.69) is 17.2 Å². The largest absolute Gasteiger partial charge is 0.480 e. The number of carboxylic acids is 1. The second-order valence-electron chi connectivity index (χ2n) is 3.40. The number of rotatable bonds is 4. The fraction of sp³-hybridized carbons (Fsp3) is 0.231. The number of amides is 2. The zero-order chi connectivity index (χ0) is 13.4. The van der Waals surface area contributed by atoms with E-state index in [9.17, 15) is 9.59 Å². The molecule has 0 radical (unpaired) electrons. The molecule has 0 saturated heterocycles. The first-order valence-corrected chi connectivity index (χ1v) is 5.37. The van der Waals surface area contributed by atoms with Crippen molar-refractivity contribution >= 4 is 17.7 Å². The molecule has 1 rings (SSSR count). The Morgan fingerprint density at radius 3 is 2.56 bits per heavy atom. The second-order valence-corrected chi connectivity index (χ2v) is 3.40. The van der Waals surface area contributed by atoms with Crippen LogP contribution in [-0.2, 0) is 4.79 Å². The van der Waals surface area contributed by atoms with Crippen LogP contribution in [0.25, 0.3) is 0 Å². The number of nitrogens with zero attached hydrogens (tertiary/aromatic N) is 1. The average molecular weight is 246 g/mol. The Morgan fingerprint density at radius 2 is 2.00 bits per heavy atom. The number of para-hydroxylation sites is 1. The Morgan fingerprint density at radius 1 is 1.33 bits per heavy atom. The fourth-order valence-electron chi connectivity index (χ4n) is 1.33. The number of aliphatic carboxylic acids is 1. The van der Waals surface area contributed by atoms with Crippen LogP contribution >= 0.6 is 0 Å². The average Bonchev–Trinajstić information content (AvgIpc) is 2.37. The first kappa shape index (κ1) is 13.6. The van der Waals surface area contributed by atoms with Crippen molar-refractivity contribution in [2.45, 2.75) is 6.92 Å². The highest BCUT2D eigenvalue weighted by atomic mass is 16.4. The van der Waals surface area contributed by atoms with Gasteiger partial charge < -0.3 is 10.4 Å².